The molecule has 0 spiro atoms. The Morgan fingerprint density at radius 3 is 2.70 bits per heavy atom. The van der Waals surface area contributed by atoms with Gasteiger partial charge < -0.3 is 9.32 Å². The summed E-state index contributed by atoms with van der Waals surface area (Å²) >= 11 is 0. The van der Waals surface area contributed by atoms with Crippen molar-refractivity contribution in [1.29, 1.82) is 0 Å². The molecule has 3 aromatic rings. The van der Waals surface area contributed by atoms with Crippen LogP contribution in [0.15, 0.2) is 53.1 Å². The quantitative estimate of drug-likeness (QED) is 0.698. The van der Waals surface area contributed by atoms with Crippen molar-refractivity contribution in [1.82, 2.24) is 20.1 Å². The third kappa shape index (κ3) is 3.74. The second kappa shape index (κ2) is 7.70. The Bertz CT molecular complexity index is 905. The number of likely N-dealkylation sites (tertiary alicyclic amines) is 1. The highest BCUT2D eigenvalue weighted by Crippen LogP contribution is 2.32. The van der Waals surface area contributed by atoms with Crippen LogP contribution in [0.5, 0.6) is 0 Å². The number of amides is 1. The smallest absolute Gasteiger partial charge is 0.256 e. The van der Waals surface area contributed by atoms with Crippen molar-refractivity contribution in [3.63, 3.8) is 0 Å². The van der Waals surface area contributed by atoms with Gasteiger partial charge in [-0.15, -0.1) is 10.2 Å². The predicted molar refractivity (Wildman–Crippen MR) is 101 cm³/mol. The minimum atomic E-state index is -0.203. The van der Waals surface area contributed by atoms with E-state index in [-0.39, 0.29) is 11.9 Å². The Morgan fingerprint density at radius 1 is 1.07 bits per heavy atom. The fourth-order valence-corrected chi connectivity index (χ4v) is 3.43. The van der Waals surface area contributed by atoms with Crippen molar-refractivity contribution in [3.05, 3.63) is 65.8 Å². The molecule has 4 rings (SSSR count). The van der Waals surface area contributed by atoms with Gasteiger partial charge >= 0.3 is 0 Å². The summed E-state index contributed by atoms with van der Waals surface area (Å²) in [6, 6.07) is 13.2. The first-order valence-corrected chi connectivity index (χ1v) is 9.35. The first kappa shape index (κ1) is 17.4. The Hall–Kier alpha value is -3.02. The van der Waals surface area contributed by atoms with E-state index >= 15 is 0 Å². The monoisotopic (exact) mass is 362 g/mol. The van der Waals surface area contributed by atoms with E-state index in [1.54, 1.807) is 6.20 Å². The molecule has 1 atom stereocenters. The van der Waals surface area contributed by atoms with Gasteiger partial charge in [0, 0.05) is 24.0 Å². The highest BCUT2D eigenvalue weighted by Gasteiger charge is 2.31. The molecule has 0 N–H and O–H groups in total. The van der Waals surface area contributed by atoms with Gasteiger partial charge in [-0.3, -0.25) is 9.78 Å². The molecule has 1 aliphatic heterocycles. The number of aryl methyl sites for hydroxylation is 1. The zero-order valence-corrected chi connectivity index (χ0v) is 15.3. The number of aromatic nitrogens is 3. The van der Waals surface area contributed by atoms with E-state index in [9.17, 15) is 4.79 Å². The molecule has 3 heterocycles. The van der Waals surface area contributed by atoms with Crippen LogP contribution >= 0.6 is 0 Å². The average molecular weight is 362 g/mol. The van der Waals surface area contributed by atoms with Gasteiger partial charge in [-0.25, -0.2) is 0 Å². The maximum absolute atomic E-state index is 13.1. The lowest BCUT2D eigenvalue weighted by atomic mass is 10.1. The second-order valence-corrected chi connectivity index (χ2v) is 6.86. The van der Waals surface area contributed by atoms with Gasteiger partial charge in [-0.1, -0.05) is 31.0 Å². The Balaban J connectivity index is 1.63. The first-order valence-electron chi connectivity index (χ1n) is 9.35. The van der Waals surface area contributed by atoms with Gasteiger partial charge in [0.2, 0.25) is 11.8 Å². The van der Waals surface area contributed by atoms with E-state index in [2.05, 4.69) is 15.2 Å². The molecule has 1 unspecified atom stereocenters. The van der Waals surface area contributed by atoms with Gasteiger partial charge in [0.05, 0.1) is 5.56 Å². The maximum atomic E-state index is 13.1. The summed E-state index contributed by atoms with van der Waals surface area (Å²) in [6.45, 7) is 2.59. The number of hydrogen-bond donors (Lipinski definition) is 0. The van der Waals surface area contributed by atoms with E-state index in [4.69, 9.17) is 4.42 Å². The normalized spacial score (nSPS) is 17.5. The number of carbonyl (C=O) groups is 1. The third-order valence-electron chi connectivity index (χ3n) is 4.92. The van der Waals surface area contributed by atoms with E-state index in [1.807, 2.05) is 54.3 Å². The summed E-state index contributed by atoms with van der Waals surface area (Å²) < 4.78 is 5.97. The molecule has 1 aromatic carbocycles. The van der Waals surface area contributed by atoms with Crippen molar-refractivity contribution >= 4 is 5.91 Å². The van der Waals surface area contributed by atoms with Gasteiger partial charge in [-0.05, 0) is 44.0 Å². The molecule has 0 radical (unpaired) electrons. The molecular formula is C21H22N4O2. The predicted octanol–water partition coefficient (Wildman–Crippen LogP) is 4.20. The molecule has 0 bridgehead atoms. The molecule has 27 heavy (non-hydrogen) atoms. The van der Waals surface area contributed by atoms with E-state index < -0.39 is 0 Å². The molecule has 0 aliphatic carbocycles. The lowest BCUT2D eigenvalue weighted by Crippen LogP contribution is -2.35. The SMILES string of the molecule is Cc1ccc(C(=O)N2CCCCCC2c2nnc(-c3ccccc3)o2)cn1. The van der Waals surface area contributed by atoms with Crippen molar-refractivity contribution in [3.8, 4) is 11.5 Å². The van der Waals surface area contributed by atoms with Gasteiger partial charge in [0.1, 0.15) is 6.04 Å². The van der Waals surface area contributed by atoms with Crippen molar-refractivity contribution in [2.75, 3.05) is 6.54 Å². The van der Waals surface area contributed by atoms with Crippen LogP contribution < -0.4 is 0 Å². The summed E-state index contributed by atoms with van der Waals surface area (Å²) in [5.74, 6) is 0.956. The molecular weight excluding hydrogens is 340 g/mol. The Morgan fingerprint density at radius 2 is 1.93 bits per heavy atom. The maximum Gasteiger partial charge on any atom is 0.256 e. The third-order valence-corrected chi connectivity index (χ3v) is 4.92. The highest BCUT2D eigenvalue weighted by atomic mass is 16.4. The topological polar surface area (TPSA) is 72.1 Å². The van der Waals surface area contributed by atoms with Crippen molar-refractivity contribution in [2.45, 2.75) is 38.6 Å². The first-order chi connectivity index (χ1) is 13.2. The molecule has 6 heteroatoms. The zero-order chi connectivity index (χ0) is 18.6. The number of nitrogens with zero attached hydrogens (tertiary/aromatic N) is 4. The van der Waals surface area contributed by atoms with Crippen LogP contribution in [0.2, 0.25) is 0 Å². The number of hydrogen-bond acceptors (Lipinski definition) is 5. The van der Waals surface area contributed by atoms with E-state index in [0.29, 0.717) is 23.9 Å². The lowest BCUT2D eigenvalue weighted by Gasteiger charge is -2.27. The number of pyridine rings is 1. The number of carbonyl (C=O) groups excluding carboxylic acids is 1. The van der Waals surface area contributed by atoms with Crippen molar-refractivity contribution < 1.29 is 9.21 Å². The largest absolute Gasteiger partial charge is 0.418 e. The standard InChI is InChI=1S/C21H22N4O2/c1-15-11-12-17(14-22-15)21(26)25-13-7-3-6-10-18(25)20-24-23-19(27-20)16-8-4-2-5-9-16/h2,4-5,8-9,11-12,14,18H,3,6-7,10,13H2,1H3. The molecule has 1 saturated heterocycles. The fraction of sp³-hybridized carbons (Fsp3) is 0.333. The molecule has 0 saturated carbocycles. The van der Waals surface area contributed by atoms with E-state index in [0.717, 1.165) is 36.9 Å². The molecule has 2 aromatic heterocycles. The van der Waals surface area contributed by atoms with Crippen molar-refractivity contribution in [2.24, 2.45) is 0 Å². The number of rotatable bonds is 3. The fourth-order valence-electron chi connectivity index (χ4n) is 3.43. The molecule has 138 valence electrons. The van der Waals surface area contributed by atoms with Crippen LogP contribution in [0.3, 0.4) is 0 Å². The molecule has 1 aliphatic rings. The minimum absolute atomic E-state index is 0.0335. The lowest BCUT2D eigenvalue weighted by molar-refractivity contribution is 0.0652. The van der Waals surface area contributed by atoms with Crippen LogP contribution in [0.4, 0.5) is 0 Å². The van der Waals surface area contributed by atoms with Crippen LogP contribution in [-0.2, 0) is 0 Å². The Labute approximate surface area is 158 Å². The summed E-state index contributed by atoms with van der Waals surface area (Å²) in [6.07, 6.45) is 5.56. The van der Waals surface area contributed by atoms with Gasteiger partial charge in [0.15, 0.2) is 0 Å². The van der Waals surface area contributed by atoms with Crippen LogP contribution in [-0.4, -0.2) is 32.5 Å². The van der Waals surface area contributed by atoms with Crippen LogP contribution in [0.1, 0.15) is 53.7 Å². The summed E-state index contributed by atoms with van der Waals surface area (Å²) in [5, 5.41) is 8.48. The van der Waals surface area contributed by atoms with Crippen LogP contribution in [0, 0.1) is 6.92 Å². The Kier molecular flexibility index (Phi) is 4.96. The highest BCUT2D eigenvalue weighted by molar-refractivity contribution is 5.94. The second-order valence-electron chi connectivity index (χ2n) is 6.86. The molecule has 1 amide bonds. The average Bonchev–Trinajstić information content (AvgIpc) is 3.07. The number of benzene rings is 1. The zero-order valence-electron chi connectivity index (χ0n) is 15.3. The molecule has 6 nitrogen and oxygen atoms in total. The van der Waals surface area contributed by atoms with Crippen LogP contribution in [0.25, 0.3) is 11.5 Å². The summed E-state index contributed by atoms with van der Waals surface area (Å²) in [4.78, 5) is 19.2. The summed E-state index contributed by atoms with van der Waals surface area (Å²) in [7, 11) is 0. The van der Waals surface area contributed by atoms with E-state index in [1.165, 1.54) is 0 Å². The minimum Gasteiger partial charge on any atom is -0.418 e. The van der Waals surface area contributed by atoms with Gasteiger partial charge in [0.25, 0.3) is 5.91 Å². The molecule has 1 fully saturated rings. The summed E-state index contributed by atoms with van der Waals surface area (Å²) in [5.41, 5.74) is 2.36. The van der Waals surface area contributed by atoms with Gasteiger partial charge in [-0.2, -0.15) is 0 Å².